The number of nitrogens with zero attached hydrogens (tertiary/aromatic N) is 1. The van der Waals surface area contributed by atoms with Gasteiger partial charge in [-0.1, -0.05) is 40.2 Å². The monoisotopic (exact) mass is 616 g/mol. The van der Waals surface area contributed by atoms with E-state index in [1.54, 1.807) is 30.5 Å². The van der Waals surface area contributed by atoms with Crippen LogP contribution in [0.2, 0.25) is 0 Å². The Labute approximate surface area is 237 Å². The Morgan fingerprint density at radius 2 is 1.77 bits per heavy atom. The predicted octanol–water partition coefficient (Wildman–Crippen LogP) is 6.75. The average Bonchev–Trinajstić information content (AvgIpc) is 2.88. The molecule has 6 nitrogen and oxygen atoms in total. The minimum Gasteiger partial charge on any atom is -0.486 e. The molecule has 4 aliphatic rings. The van der Waals surface area contributed by atoms with Gasteiger partial charge < -0.3 is 15.2 Å². The summed E-state index contributed by atoms with van der Waals surface area (Å²) in [6.07, 6.45) is 2.51. The van der Waals surface area contributed by atoms with Gasteiger partial charge >= 0.3 is 12.1 Å². The number of alkyl halides is 4. The van der Waals surface area contributed by atoms with Crippen LogP contribution >= 0.6 is 15.9 Å². The van der Waals surface area contributed by atoms with Crippen molar-refractivity contribution in [1.82, 2.24) is 10.3 Å². The smallest absolute Gasteiger partial charge is 0.416 e. The van der Waals surface area contributed by atoms with E-state index in [9.17, 15) is 27.9 Å². The summed E-state index contributed by atoms with van der Waals surface area (Å²) >= 11 is 3.92. The van der Waals surface area contributed by atoms with Crippen molar-refractivity contribution in [3.63, 3.8) is 0 Å². The number of halogens is 4. The van der Waals surface area contributed by atoms with Gasteiger partial charge in [0.2, 0.25) is 0 Å². The van der Waals surface area contributed by atoms with Crippen LogP contribution in [0.25, 0.3) is 10.9 Å². The van der Waals surface area contributed by atoms with E-state index in [0.717, 1.165) is 44.2 Å². The fourth-order valence-corrected chi connectivity index (χ4v) is 9.11. The maximum atomic E-state index is 13.7. The lowest BCUT2D eigenvalue weighted by Gasteiger charge is -2.61. The maximum absolute atomic E-state index is 13.7. The highest BCUT2D eigenvalue weighted by Crippen LogP contribution is 2.65. The van der Waals surface area contributed by atoms with E-state index in [1.165, 1.54) is 12.1 Å². The number of carboxylic acid groups (broad SMARTS) is 1. The second kappa shape index (κ2) is 9.75. The SMILES string of the molecule is O=C(N[C@H](C(=O)O)C12C[C@@H]3C[C@@H](CC(Br)(C3)C1)C2)c1ccc2cccnc2c1OCc1ccc(C(F)(F)F)cc1. The van der Waals surface area contributed by atoms with Crippen molar-refractivity contribution >= 4 is 38.7 Å². The first kappa shape index (κ1) is 27.1. The first-order valence-corrected chi connectivity index (χ1v) is 14.1. The third-order valence-corrected chi connectivity index (χ3v) is 9.73. The molecule has 0 radical (unpaired) electrons. The molecule has 2 N–H and O–H groups in total. The molecule has 10 heteroatoms. The van der Waals surface area contributed by atoms with E-state index >= 15 is 0 Å². The molecule has 4 bridgehead atoms. The van der Waals surface area contributed by atoms with E-state index in [1.807, 2.05) is 0 Å². The number of carbonyl (C=O) groups is 2. The van der Waals surface area contributed by atoms with Crippen LogP contribution in [-0.4, -0.2) is 32.3 Å². The molecule has 0 saturated heterocycles. The number of amides is 1. The van der Waals surface area contributed by atoms with Crippen molar-refractivity contribution in [3.8, 4) is 5.75 Å². The molecule has 2 aromatic carbocycles. The van der Waals surface area contributed by atoms with Crippen molar-refractivity contribution in [1.29, 1.82) is 0 Å². The number of ether oxygens (including phenoxy) is 1. The highest BCUT2D eigenvalue weighted by Gasteiger charge is 2.61. The fraction of sp³-hybridized carbons (Fsp3) is 0.433. The van der Waals surface area contributed by atoms with E-state index in [0.29, 0.717) is 34.7 Å². The van der Waals surface area contributed by atoms with Gasteiger partial charge in [0.1, 0.15) is 18.2 Å². The Kier molecular flexibility index (Phi) is 6.59. The first-order chi connectivity index (χ1) is 18.9. The largest absolute Gasteiger partial charge is 0.486 e. The van der Waals surface area contributed by atoms with Gasteiger partial charge in [-0.3, -0.25) is 9.78 Å². The Hall–Kier alpha value is -3.14. The molecule has 4 aliphatic carbocycles. The van der Waals surface area contributed by atoms with Crippen molar-refractivity contribution in [3.05, 3.63) is 71.4 Å². The van der Waals surface area contributed by atoms with Crippen molar-refractivity contribution < 1.29 is 32.6 Å². The minimum atomic E-state index is -4.45. The van der Waals surface area contributed by atoms with Crippen LogP contribution in [0.1, 0.15) is 60.0 Å². The number of nitrogens with one attached hydrogen (secondary N) is 1. The molecule has 1 amide bonds. The summed E-state index contributed by atoms with van der Waals surface area (Å²) < 4.78 is 44.9. The van der Waals surface area contributed by atoms with Crippen molar-refractivity contribution in [2.24, 2.45) is 17.3 Å². The van der Waals surface area contributed by atoms with Crippen molar-refractivity contribution in [2.45, 2.75) is 61.7 Å². The zero-order valence-corrected chi connectivity index (χ0v) is 23.1. The second-order valence-electron chi connectivity index (χ2n) is 11.7. The van der Waals surface area contributed by atoms with Crippen LogP contribution < -0.4 is 10.1 Å². The van der Waals surface area contributed by atoms with Gasteiger partial charge in [-0.05, 0) is 80.2 Å². The maximum Gasteiger partial charge on any atom is 0.416 e. The molecule has 210 valence electrons. The van der Waals surface area contributed by atoms with Gasteiger partial charge in [0.25, 0.3) is 5.91 Å². The number of aromatic nitrogens is 1. The fourth-order valence-electron chi connectivity index (χ4n) is 7.63. The molecule has 4 fully saturated rings. The lowest BCUT2D eigenvalue weighted by atomic mass is 9.47. The predicted molar refractivity (Wildman–Crippen MR) is 145 cm³/mol. The normalized spacial score (nSPS) is 27.9. The van der Waals surface area contributed by atoms with Gasteiger partial charge in [0.05, 0.1) is 11.1 Å². The molecule has 0 aliphatic heterocycles. The van der Waals surface area contributed by atoms with E-state index < -0.39 is 35.1 Å². The molecule has 0 spiro atoms. The zero-order chi connectivity index (χ0) is 28.3. The van der Waals surface area contributed by atoms with Crippen LogP contribution in [-0.2, 0) is 17.6 Å². The first-order valence-electron chi connectivity index (χ1n) is 13.3. The highest BCUT2D eigenvalue weighted by molar-refractivity contribution is 9.10. The number of hydrogen-bond acceptors (Lipinski definition) is 4. The third kappa shape index (κ3) is 4.95. The van der Waals surface area contributed by atoms with Gasteiger partial charge in [-0.15, -0.1) is 0 Å². The van der Waals surface area contributed by atoms with Gasteiger partial charge in [-0.25, -0.2) is 4.79 Å². The van der Waals surface area contributed by atoms with Crippen molar-refractivity contribution in [2.75, 3.05) is 0 Å². The van der Waals surface area contributed by atoms with Gasteiger partial charge in [0.15, 0.2) is 5.75 Å². The lowest BCUT2D eigenvalue weighted by molar-refractivity contribution is -0.149. The summed E-state index contributed by atoms with van der Waals surface area (Å²) in [7, 11) is 0. The van der Waals surface area contributed by atoms with E-state index in [2.05, 4.69) is 26.2 Å². The molecule has 40 heavy (non-hydrogen) atoms. The van der Waals surface area contributed by atoms with Gasteiger partial charge in [-0.2, -0.15) is 13.2 Å². The summed E-state index contributed by atoms with van der Waals surface area (Å²) in [4.78, 5) is 30.8. The highest BCUT2D eigenvalue weighted by atomic mass is 79.9. The van der Waals surface area contributed by atoms with Crippen LogP contribution in [0.3, 0.4) is 0 Å². The summed E-state index contributed by atoms with van der Waals surface area (Å²) in [5.41, 5.74) is -0.290. The number of aliphatic carboxylic acids is 1. The number of carboxylic acids is 1. The lowest BCUT2D eigenvalue weighted by Crippen LogP contribution is -2.63. The summed E-state index contributed by atoms with van der Waals surface area (Å²) in [5.74, 6) is -0.611. The van der Waals surface area contributed by atoms with Crippen LogP contribution in [0.4, 0.5) is 13.2 Å². The molecule has 2 unspecified atom stereocenters. The molecule has 3 aromatic rings. The molecular weight excluding hydrogens is 589 g/mol. The molecule has 1 heterocycles. The van der Waals surface area contributed by atoms with Crippen LogP contribution in [0, 0.1) is 17.3 Å². The number of benzene rings is 2. The topological polar surface area (TPSA) is 88.5 Å². The summed E-state index contributed by atoms with van der Waals surface area (Å²) in [5, 5.41) is 13.9. The minimum absolute atomic E-state index is 0.0850. The third-order valence-electron chi connectivity index (χ3n) is 8.81. The molecular formula is C30H28BrF3N2O4. The standard InChI is InChI=1S/C30H28BrF3N2O4/c31-29-13-18-10-19(14-29)12-28(11-18,16-29)25(27(38)39)36-26(37)22-8-5-20-2-1-9-35-23(20)24(22)40-15-17-3-6-21(7-4-17)30(32,33)34/h1-9,18-19,25H,10-16H2,(H,36,37)(H,38,39)/t18-,19+,25-,28?,29?/m1/s1. The number of fused-ring (bicyclic) bond motifs is 1. The molecule has 1 aromatic heterocycles. The van der Waals surface area contributed by atoms with E-state index in [-0.39, 0.29) is 22.2 Å². The number of hydrogen-bond donors (Lipinski definition) is 2. The Morgan fingerprint density at radius 3 is 2.40 bits per heavy atom. The summed E-state index contributed by atoms with van der Waals surface area (Å²) in [6.45, 7) is -0.101. The van der Waals surface area contributed by atoms with Gasteiger partial charge in [0, 0.05) is 21.3 Å². The number of carbonyl (C=O) groups excluding carboxylic acids is 1. The molecule has 4 saturated carbocycles. The number of pyridine rings is 1. The second-order valence-corrected chi connectivity index (χ2v) is 13.4. The average molecular weight is 617 g/mol. The Morgan fingerprint density at radius 1 is 1.07 bits per heavy atom. The van der Waals surface area contributed by atoms with Crippen LogP contribution in [0.5, 0.6) is 5.75 Å². The Balaban J connectivity index is 1.29. The zero-order valence-electron chi connectivity index (χ0n) is 21.5. The molecule has 5 atom stereocenters. The molecule has 7 rings (SSSR count). The van der Waals surface area contributed by atoms with E-state index in [4.69, 9.17) is 4.74 Å². The number of rotatable bonds is 7. The van der Waals surface area contributed by atoms with Crippen LogP contribution in [0.15, 0.2) is 54.7 Å². The Bertz CT molecular complexity index is 1460. The summed E-state index contributed by atoms with van der Waals surface area (Å²) in [6, 6.07) is 10.4. The quantitative estimate of drug-likeness (QED) is 0.287.